The molecule has 1 aliphatic heterocycles. The molecule has 196 valence electrons. The smallest absolute Gasteiger partial charge is 0.279 e. The first-order chi connectivity index (χ1) is 17.1. The lowest BCUT2D eigenvalue weighted by molar-refractivity contribution is 0.0282. The average molecular weight is 520 g/mol. The number of hydrogen-bond acceptors (Lipinski definition) is 9. The Kier molecular flexibility index (Phi) is 7.46. The zero-order chi connectivity index (χ0) is 26.1. The maximum atomic E-state index is 13.5. The van der Waals surface area contributed by atoms with Gasteiger partial charge < -0.3 is 19.4 Å². The summed E-state index contributed by atoms with van der Waals surface area (Å²) in [5.74, 6) is 0.390. The van der Waals surface area contributed by atoms with Gasteiger partial charge in [0.2, 0.25) is 15.9 Å². The maximum absolute atomic E-state index is 13.5. The molecule has 0 radical (unpaired) electrons. The van der Waals surface area contributed by atoms with Gasteiger partial charge in [-0.15, -0.1) is 0 Å². The number of H-pyrrole nitrogens is 2. The molecule has 1 atom stereocenters. The van der Waals surface area contributed by atoms with E-state index in [9.17, 15) is 13.2 Å². The van der Waals surface area contributed by atoms with E-state index in [-0.39, 0.29) is 22.1 Å². The van der Waals surface area contributed by atoms with Gasteiger partial charge in [-0.1, -0.05) is 13.3 Å². The Hall–Kier alpha value is -2.87. The lowest BCUT2D eigenvalue weighted by Gasteiger charge is -2.32. The van der Waals surface area contributed by atoms with Crippen LogP contribution in [-0.2, 0) is 26.8 Å². The van der Waals surface area contributed by atoms with E-state index < -0.39 is 21.2 Å². The van der Waals surface area contributed by atoms with Gasteiger partial charge in [0.25, 0.3) is 5.56 Å². The maximum Gasteiger partial charge on any atom is 0.279 e. The number of sulfonamides is 1. The van der Waals surface area contributed by atoms with E-state index in [4.69, 9.17) is 14.5 Å². The Balaban J connectivity index is 1.87. The number of aryl methyl sites for hydroxylation is 1. The summed E-state index contributed by atoms with van der Waals surface area (Å²) in [5.41, 5.74) is -0.0673. The minimum atomic E-state index is -3.81. The van der Waals surface area contributed by atoms with Crippen molar-refractivity contribution in [1.82, 2.24) is 34.4 Å². The molecule has 0 bridgehead atoms. The SMILES string of the molecule is CCCc1[nH]nc2c(=O)[nH]c(C(C)(OC)c3cc(S(=O)(=O)N4CCN(C)CC4)cnc3OCC)nc12. The molecule has 13 heteroatoms. The van der Waals surface area contributed by atoms with Crippen molar-refractivity contribution >= 4 is 21.1 Å². The normalized spacial score (nSPS) is 17.4. The van der Waals surface area contributed by atoms with Crippen LogP contribution in [0.5, 0.6) is 5.88 Å². The van der Waals surface area contributed by atoms with Gasteiger partial charge in [-0.05, 0) is 33.4 Å². The lowest BCUT2D eigenvalue weighted by Crippen LogP contribution is -2.47. The summed E-state index contributed by atoms with van der Waals surface area (Å²) in [5, 5.41) is 7.01. The number of hydrogen-bond donors (Lipinski definition) is 2. The van der Waals surface area contributed by atoms with E-state index in [1.54, 1.807) is 13.8 Å². The lowest BCUT2D eigenvalue weighted by atomic mass is 9.95. The number of nitrogens with one attached hydrogen (secondary N) is 2. The average Bonchev–Trinajstić information content (AvgIpc) is 3.28. The highest BCUT2D eigenvalue weighted by Crippen LogP contribution is 2.37. The van der Waals surface area contributed by atoms with E-state index in [0.717, 1.165) is 12.1 Å². The second-order valence-electron chi connectivity index (χ2n) is 8.97. The summed E-state index contributed by atoms with van der Waals surface area (Å²) in [4.78, 5) is 26.8. The van der Waals surface area contributed by atoms with Crippen LogP contribution in [0, 0.1) is 0 Å². The van der Waals surface area contributed by atoms with Crippen LogP contribution in [0.25, 0.3) is 11.0 Å². The highest BCUT2D eigenvalue weighted by molar-refractivity contribution is 7.89. The number of aromatic nitrogens is 5. The van der Waals surface area contributed by atoms with Crippen molar-refractivity contribution in [3.8, 4) is 5.88 Å². The summed E-state index contributed by atoms with van der Waals surface area (Å²) in [6.45, 7) is 7.87. The highest BCUT2D eigenvalue weighted by Gasteiger charge is 2.38. The number of fused-ring (bicyclic) bond motifs is 1. The summed E-state index contributed by atoms with van der Waals surface area (Å²) in [7, 11) is -0.391. The molecule has 36 heavy (non-hydrogen) atoms. The van der Waals surface area contributed by atoms with E-state index in [0.29, 0.717) is 50.3 Å². The van der Waals surface area contributed by atoms with Crippen molar-refractivity contribution < 1.29 is 17.9 Å². The fourth-order valence-electron chi connectivity index (χ4n) is 4.29. The van der Waals surface area contributed by atoms with Crippen LogP contribution in [0.3, 0.4) is 0 Å². The Bertz CT molecular complexity index is 1400. The number of aromatic amines is 2. The number of ether oxygens (including phenoxy) is 2. The van der Waals surface area contributed by atoms with Crippen LogP contribution >= 0.6 is 0 Å². The molecule has 1 aliphatic rings. The quantitative estimate of drug-likeness (QED) is 0.426. The van der Waals surface area contributed by atoms with Gasteiger partial charge in [0.05, 0.1) is 24.1 Å². The van der Waals surface area contributed by atoms with Crippen molar-refractivity contribution in [2.24, 2.45) is 0 Å². The van der Waals surface area contributed by atoms with Gasteiger partial charge in [0.15, 0.2) is 11.1 Å². The molecule has 0 spiro atoms. The van der Waals surface area contributed by atoms with Gasteiger partial charge in [-0.2, -0.15) is 9.40 Å². The second-order valence-corrected chi connectivity index (χ2v) is 10.9. The number of piperazine rings is 1. The largest absolute Gasteiger partial charge is 0.478 e. The highest BCUT2D eigenvalue weighted by atomic mass is 32.2. The first-order valence-corrected chi connectivity index (χ1v) is 13.4. The molecule has 1 fully saturated rings. The Morgan fingerprint density at radius 2 is 1.89 bits per heavy atom. The topological polar surface area (TPSA) is 146 Å². The van der Waals surface area contributed by atoms with E-state index in [1.807, 2.05) is 14.0 Å². The monoisotopic (exact) mass is 519 g/mol. The van der Waals surface area contributed by atoms with Gasteiger partial charge in [-0.3, -0.25) is 9.89 Å². The number of rotatable bonds is 9. The first kappa shape index (κ1) is 26.2. The fraction of sp³-hybridized carbons (Fsp3) is 0.565. The molecule has 0 amide bonds. The van der Waals surface area contributed by atoms with Crippen molar-refractivity contribution in [3.05, 3.63) is 39.7 Å². The Labute approximate surface area is 210 Å². The van der Waals surface area contributed by atoms with Crippen LogP contribution < -0.4 is 10.3 Å². The zero-order valence-electron chi connectivity index (χ0n) is 21.3. The van der Waals surface area contributed by atoms with E-state index >= 15 is 0 Å². The molecule has 1 saturated heterocycles. The third-order valence-electron chi connectivity index (χ3n) is 6.56. The number of pyridine rings is 1. The first-order valence-electron chi connectivity index (χ1n) is 12.0. The van der Waals surface area contributed by atoms with Crippen LogP contribution in [0.15, 0.2) is 22.0 Å². The number of nitrogens with zero attached hydrogens (tertiary/aromatic N) is 5. The van der Waals surface area contributed by atoms with Gasteiger partial charge >= 0.3 is 0 Å². The molecular formula is C23H33N7O5S. The van der Waals surface area contributed by atoms with E-state index in [2.05, 4.69) is 25.1 Å². The van der Waals surface area contributed by atoms with Crippen LogP contribution in [0.4, 0.5) is 0 Å². The zero-order valence-corrected chi connectivity index (χ0v) is 22.1. The molecule has 2 N–H and O–H groups in total. The van der Waals surface area contributed by atoms with Crippen LogP contribution in [0.2, 0.25) is 0 Å². The van der Waals surface area contributed by atoms with Gasteiger partial charge in [-0.25, -0.2) is 18.4 Å². The summed E-state index contributed by atoms with van der Waals surface area (Å²) >= 11 is 0. The molecule has 0 aromatic carbocycles. The van der Waals surface area contributed by atoms with Crippen molar-refractivity contribution in [1.29, 1.82) is 0 Å². The third kappa shape index (κ3) is 4.63. The molecule has 3 aromatic rings. The standard InChI is InChI=1S/C23H33N7O5S/c1-6-8-17-18-19(28-27-17)20(31)26-22(25-18)23(3,34-5)16-13-15(14-24-21(16)35-7-2)36(32,33)30-11-9-29(4)10-12-30/h13-14H,6-12H2,1-5H3,(H,27,28)(H,25,26,31). The van der Waals surface area contributed by atoms with Gasteiger partial charge in [0, 0.05) is 33.3 Å². The van der Waals surface area contributed by atoms with Crippen molar-refractivity contribution in [3.63, 3.8) is 0 Å². The second kappa shape index (κ2) is 10.2. The molecular weight excluding hydrogens is 486 g/mol. The minimum absolute atomic E-state index is 0.0205. The fourth-order valence-corrected chi connectivity index (χ4v) is 5.68. The Morgan fingerprint density at radius 3 is 2.53 bits per heavy atom. The predicted molar refractivity (Wildman–Crippen MR) is 134 cm³/mol. The third-order valence-corrected chi connectivity index (χ3v) is 8.43. The molecule has 0 saturated carbocycles. The molecule has 4 rings (SSSR count). The number of likely N-dealkylation sites (N-methyl/N-ethyl adjacent to an activating group) is 1. The molecule has 0 aliphatic carbocycles. The number of methoxy groups -OCH3 is 1. The summed E-state index contributed by atoms with van der Waals surface area (Å²) < 4.78 is 40.1. The molecule has 3 aromatic heterocycles. The van der Waals surface area contributed by atoms with Crippen LogP contribution in [-0.4, -0.2) is 89.7 Å². The Morgan fingerprint density at radius 1 is 1.17 bits per heavy atom. The van der Waals surface area contributed by atoms with Gasteiger partial charge in [0.1, 0.15) is 16.2 Å². The predicted octanol–water partition coefficient (Wildman–Crippen LogP) is 1.24. The van der Waals surface area contributed by atoms with E-state index in [1.165, 1.54) is 23.7 Å². The molecule has 1 unspecified atom stereocenters. The summed E-state index contributed by atoms with van der Waals surface area (Å²) in [6.07, 6.45) is 2.81. The molecule has 12 nitrogen and oxygen atoms in total. The molecule has 4 heterocycles. The van der Waals surface area contributed by atoms with Crippen molar-refractivity contribution in [2.75, 3.05) is 46.9 Å². The van der Waals surface area contributed by atoms with Crippen molar-refractivity contribution in [2.45, 2.75) is 44.1 Å². The minimum Gasteiger partial charge on any atom is -0.478 e. The summed E-state index contributed by atoms with van der Waals surface area (Å²) in [6, 6.07) is 1.50. The van der Waals surface area contributed by atoms with Crippen LogP contribution in [0.1, 0.15) is 44.3 Å².